The van der Waals surface area contributed by atoms with Crippen molar-refractivity contribution >= 4 is 6.08 Å². The van der Waals surface area contributed by atoms with Crippen molar-refractivity contribution in [2.24, 2.45) is 11.8 Å². The third kappa shape index (κ3) is 2.75. The molecule has 3 unspecified atom stereocenters. The van der Waals surface area contributed by atoms with E-state index in [2.05, 4.69) is 11.4 Å². The fraction of sp³-hybridized carbons (Fsp3) is 0.500. The van der Waals surface area contributed by atoms with Crippen molar-refractivity contribution in [3.63, 3.8) is 0 Å². The molecule has 3 rings (SSSR count). The Balaban J connectivity index is 1.67. The molecule has 0 bridgehead atoms. The Bertz CT molecular complexity index is 489. The molecule has 1 nitrogen and oxygen atoms in total. The van der Waals surface area contributed by atoms with Crippen LogP contribution in [0.2, 0.25) is 0 Å². The maximum atomic E-state index is 12.5. The van der Waals surface area contributed by atoms with Gasteiger partial charge in [-0.25, -0.2) is 0 Å². The standard InChI is InChI=1S/C16H18F3N/c17-16(18,19)13-7-4-11(5-8-13)6-9-15-14-3-1-2-12(14)10-20-15/h4-9,12,14-15,20H,1-3,10H2/b9-6+. The van der Waals surface area contributed by atoms with Crippen molar-refractivity contribution in [2.75, 3.05) is 6.54 Å². The van der Waals surface area contributed by atoms with E-state index in [-0.39, 0.29) is 0 Å². The molecule has 0 radical (unpaired) electrons. The van der Waals surface area contributed by atoms with Crippen LogP contribution in [0.15, 0.2) is 30.3 Å². The van der Waals surface area contributed by atoms with Gasteiger partial charge in [-0.05, 0) is 48.9 Å². The second-order valence-corrected chi connectivity index (χ2v) is 5.77. The van der Waals surface area contributed by atoms with Crippen LogP contribution in [-0.2, 0) is 6.18 Å². The summed E-state index contributed by atoms with van der Waals surface area (Å²) >= 11 is 0. The van der Waals surface area contributed by atoms with Gasteiger partial charge in [-0.15, -0.1) is 0 Å². The molecule has 4 heteroatoms. The van der Waals surface area contributed by atoms with Crippen molar-refractivity contribution in [1.29, 1.82) is 0 Å². The van der Waals surface area contributed by atoms with Crippen molar-refractivity contribution < 1.29 is 13.2 Å². The van der Waals surface area contributed by atoms with Gasteiger partial charge in [0.15, 0.2) is 0 Å². The highest BCUT2D eigenvalue weighted by atomic mass is 19.4. The molecular formula is C16H18F3N. The Morgan fingerprint density at radius 3 is 2.55 bits per heavy atom. The summed E-state index contributed by atoms with van der Waals surface area (Å²) in [5.41, 5.74) is 0.228. The lowest BCUT2D eigenvalue weighted by Gasteiger charge is -2.13. The minimum Gasteiger partial charge on any atom is -0.310 e. The van der Waals surface area contributed by atoms with Crippen molar-refractivity contribution in [2.45, 2.75) is 31.5 Å². The zero-order valence-corrected chi connectivity index (χ0v) is 11.2. The van der Waals surface area contributed by atoms with Crippen LogP contribution >= 0.6 is 0 Å². The smallest absolute Gasteiger partial charge is 0.310 e. The lowest BCUT2D eigenvalue weighted by Crippen LogP contribution is -2.23. The Labute approximate surface area is 116 Å². The average molecular weight is 281 g/mol. The summed E-state index contributed by atoms with van der Waals surface area (Å²) in [4.78, 5) is 0. The number of fused-ring (bicyclic) bond motifs is 1. The number of benzene rings is 1. The number of hydrogen-bond acceptors (Lipinski definition) is 1. The van der Waals surface area contributed by atoms with E-state index in [9.17, 15) is 13.2 Å². The molecule has 1 saturated carbocycles. The van der Waals surface area contributed by atoms with E-state index in [1.165, 1.54) is 31.4 Å². The van der Waals surface area contributed by atoms with Gasteiger partial charge in [-0.3, -0.25) is 0 Å². The molecule has 20 heavy (non-hydrogen) atoms. The van der Waals surface area contributed by atoms with Gasteiger partial charge in [0, 0.05) is 6.04 Å². The first-order valence-corrected chi connectivity index (χ1v) is 7.13. The first kappa shape index (κ1) is 13.7. The number of nitrogens with one attached hydrogen (secondary N) is 1. The quantitative estimate of drug-likeness (QED) is 0.860. The second-order valence-electron chi connectivity index (χ2n) is 5.77. The van der Waals surface area contributed by atoms with Crippen LogP contribution < -0.4 is 5.32 Å². The van der Waals surface area contributed by atoms with E-state index in [0.717, 1.165) is 30.2 Å². The summed E-state index contributed by atoms with van der Waals surface area (Å²) in [6, 6.07) is 5.71. The van der Waals surface area contributed by atoms with Crippen molar-refractivity contribution in [3.05, 3.63) is 41.5 Å². The number of rotatable bonds is 2. The van der Waals surface area contributed by atoms with Crippen LogP contribution in [0.1, 0.15) is 30.4 Å². The zero-order chi connectivity index (χ0) is 14.2. The van der Waals surface area contributed by atoms with Crippen LogP contribution in [0.25, 0.3) is 6.08 Å². The van der Waals surface area contributed by atoms with E-state index >= 15 is 0 Å². The molecule has 0 amide bonds. The van der Waals surface area contributed by atoms with Gasteiger partial charge in [0.05, 0.1) is 5.56 Å². The Morgan fingerprint density at radius 2 is 1.85 bits per heavy atom. The van der Waals surface area contributed by atoms with Crippen LogP contribution in [-0.4, -0.2) is 12.6 Å². The van der Waals surface area contributed by atoms with Gasteiger partial charge < -0.3 is 5.32 Å². The molecule has 3 atom stereocenters. The van der Waals surface area contributed by atoms with E-state index in [1.54, 1.807) is 0 Å². The lowest BCUT2D eigenvalue weighted by molar-refractivity contribution is -0.137. The maximum absolute atomic E-state index is 12.5. The highest BCUT2D eigenvalue weighted by Gasteiger charge is 2.37. The number of alkyl halides is 3. The predicted octanol–water partition coefficient (Wildman–Crippen LogP) is 4.11. The van der Waals surface area contributed by atoms with Crippen LogP contribution in [0.3, 0.4) is 0 Å². The van der Waals surface area contributed by atoms with Gasteiger partial charge in [-0.1, -0.05) is 30.7 Å². The molecule has 0 spiro atoms. The van der Waals surface area contributed by atoms with Gasteiger partial charge in [0.25, 0.3) is 0 Å². The maximum Gasteiger partial charge on any atom is 0.416 e. The molecule has 1 N–H and O–H groups in total. The minimum atomic E-state index is -4.26. The second kappa shape index (κ2) is 5.24. The Morgan fingerprint density at radius 1 is 1.10 bits per heavy atom. The Kier molecular flexibility index (Phi) is 3.59. The topological polar surface area (TPSA) is 12.0 Å². The monoisotopic (exact) mass is 281 g/mol. The third-order valence-corrected chi connectivity index (χ3v) is 4.53. The van der Waals surface area contributed by atoms with E-state index in [4.69, 9.17) is 0 Å². The minimum absolute atomic E-state index is 0.379. The summed E-state index contributed by atoms with van der Waals surface area (Å²) in [6.45, 7) is 1.08. The summed E-state index contributed by atoms with van der Waals surface area (Å²) in [6.07, 6.45) is 3.66. The predicted molar refractivity (Wildman–Crippen MR) is 73.1 cm³/mol. The summed E-state index contributed by atoms with van der Waals surface area (Å²) < 4.78 is 37.4. The SMILES string of the molecule is FC(F)(F)c1ccc(/C=C/C2NCC3CCCC32)cc1. The number of hydrogen-bond donors (Lipinski definition) is 1. The fourth-order valence-corrected chi connectivity index (χ4v) is 3.44. The molecule has 1 aromatic rings. The van der Waals surface area contributed by atoms with Crippen molar-refractivity contribution in [3.8, 4) is 0 Å². The van der Waals surface area contributed by atoms with Crippen LogP contribution in [0.4, 0.5) is 13.2 Å². The zero-order valence-electron chi connectivity index (χ0n) is 11.2. The largest absolute Gasteiger partial charge is 0.416 e. The Hall–Kier alpha value is -1.29. The average Bonchev–Trinajstić information content (AvgIpc) is 2.99. The van der Waals surface area contributed by atoms with Gasteiger partial charge >= 0.3 is 6.18 Å². The fourth-order valence-electron chi connectivity index (χ4n) is 3.44. The van der Waals surface area contributed by atoms with Crippen LogP contribution in [0, 0.1) is 11.8 Å². The highest BCUT2D eigenvalue weighted by molar-refractivity contribution is 5.51. The molecule has 1 aliphatic carbocycles. The van der Waals surface area contributed by atoms with E-state index in [0.29, 0.717) is 12.0 Å². The molecule has 0 aromatic heterocycles. The molecule has 2 fully saturated rings. The van der Waals surface area contributed by atoms with E-state index in [1.807, 2.05) is 6.08 Å². The molecule has 108 valence electrons. The molecule has 2 aliphatic rings. The molecular weight excluding hydrogens is 263 g/mol. The molecule has 1 aromatic carbocycles. The normalized spacial score (nSPS) is 30.1. The van der Waals surface area contributed by atoms with Crippen molar-refractivity contribution in [1.82, 2.24) is 5.32 Å². The van der Waals surface area contributed by atoms with Gasteiger partial charge in [0.2, 0.25) is 0 Å². The molecule has 1 heterocycles. The first-order valence-electron chi connectivity index (χ1n) is 7.13. The molecule has 1 saturated heterocycles. The van der Waals surface area contributed by atoms with Gasteiger partial charge in [-0.2, -0.15) is 13.2 Å². The third-order valence-electron chi connectivity index (χ3n) is 4.53. The lowest BCUT2D eigenvalue weighted by atomic mass is 9.93. The summed E-state index contributed by atoms with van der Waals surface area (Å²) in [5.74, 6) is 1.50. The first-order chi connectivity index (χ1) is 9.54. The van der Waals surface area contributed by atoms with Crippen LogP contribution in [0.5, 0.6) is 0 Å². The molecule has 1 aliphatic heterocycles. The van der Waals surface area contributed by atoms with Gasteiger partial charge in [0.1, 0.15) is 0 Å². The summed E-state index contributed by atoms with van der Waals surface area (Å²) in [7, 11) is 0. The van der Waals surface area contributed by atoms with E-state index < -0.39 is 11.7 Å². The summed E-state index contributed by atoms with van der Waals surface area (Å²) in [5, 5.41) is 3.50. The number of halogens is 3. The highest BCUT2D eigenvalue weighted by Crippen LogP contribution is 2.38.